The highest BCUT2D eigenvalue weighted by molar-refractivity contribution is 7.19. The van der Waals surface area contributed by atoms with Gasteiger partial charge < -0.3 is 19.9 Å². The minimum Gasteiger partial charge on any atom is -0.493 e. The van der Waals surface area contributed by atoms with Crippen molar-refractivity contribution in [3.63, 3.8) is 0 Å². The van der Waals surface area contributed by atoms with Crippen molar-refractivity contribution in [2.75, 3.05) is 39.6 Å². The van der Waals surface area contributed by atoms with Gasteiger partial charge in [-0.05, 0) is 51.1 Å². The Morgan fingerprint density at radius 2 is 2.15 bits per heavy atom. The molecule has 1 atom stereocenters. The molecule has 1 saturated heterocycles. The van der Waals surface area contributed by atoms with Gasteiger partial charge in [-0.15, -0.1) is 11.3 Å². The van der Waals surface area contributed by atoms with Crippen molar-refractivity contribution in [1.82, 2.24) is 29.4 Å². The highest BCUT2D eigenvalue weighted by Crippen LogP contribution is 2.41. The molecule has 0 bridgehead atoms. The molecule has 5 heterocycles. The van der Waals surface area contributed by atoms with Crippen molar-refractivity contribution in [3.05, 3.63) is 41.3 Å². The zero-order valence-electron chi connectivity index (χ0n) is 19.5. The van der Waals surface area contributed by atoms with Crippen LogP contribution in [0.3, 0.4) is 0 Å². The topological polar surface area (TPSA) is 87.9 Å². The lowest BCUT2D eigenvalue weighted by atomic mass is 9.86. The van der Waals surface area contributed by atoms with Gasteiger partial charge in [-0.2, -0.15) is 5.10 Å². The summed E-state index contributed by atoms with van der Waals surface area (Å²) in [6.45, 7) is 1.68. The summed E-state index contributed by atoms with van der Waals surface area (Å²) in [4.78, 5) is 28.6. The number of ether oxygens (including phenoxy) is 1. The fourth-order valence-electron chi connectivity index (χ4n) is 4.97. The number of anilines is 2. The van der Waals surface area contributed by atoms with Gasteiger partial charge in [0.1, 0.15) is 17.0 Å². The molecule has 0 radical (unpaired) electrons. The Morgan fingerprint density at radius 3 is 2.94 bits per heavy atom. The number of thiophene rings is 1. The number of aryl methyl sites for hydroxylation is 1. The largest absolute Gasteiger partial charge is 0.493 e. The molecule has 2 aliphatic rings. The predicted molar refractivity (Wildman–Crippen MR) is 132 cm³/mol. The molecule has 1 N–H and O–H groups in total. The molecule has 0 saturated carbocycles. The average molecular weight is 478 g/mol. The van der Waals surface area contributed by atoms with Crippen LogP contribution in [0.5, 0.6) is 5.75 Å². The molecule has 6 rings (SSSR count). The lowest BCUT2D eigenvalue weighted by molar-refractivity contribution is -0.142. The number of hydrogen-bond acceptors (Lipinski definition) is 8. The first-order valence-corrected chi connectivity index (χ1v) is 12.3. The maximum atomic E-state index is 13.1. The Balaban J connectivity index is 1.28. The predicted octanol–water partition coefficient (Wildman–Crippen LogP) is 2.97. The lowest BCUT2D eigenvalue weighted by Crippen LogP contribution is -2.60. The van der Waals surface area contributed by atoms with Crippen molar-refractivity contribution in [1.29, 1.82) is 0 Å². The van der Waals surface area contributed by atoms with Crippen LogP contribution in [0, 0.1) is 5.92 Å². The number of nitrogens with zero attached hydrogens (tertiary/aromatic N) is 6. The van der Waals surface area contributed by atoms with Crippen LogP contribution in [0.25, 0.3) is 15.7 Å². The van der Waals surface area contributed by atoms with Crippen LogP contribution in [-0.2, 0) is 17.6 Å². The number of amides is 1. The molecule has 0 aromatic carbocycles. The van der Waals surface area contributed by atoms with Crippen LogP contribution in [-0.4, -0.2) is 75.6 Å². The van der Waals surface area contributed by atoms with Crippen molar-refractivity contribution < 1.29 is 9.53 Å². The summed E-state index contributed by atoms with van der Waals surface area (Å²) in [5.74, 6) is 1.80. The van der Waals surface area contributed by atoms with Gasteiger partial charge in [0.15, 0.2) is 5.75 Å². The van der Waals surface area contributed by atoms with E-state index in [2.05, 4.69) is 39.4 Å². The Morgan fingerprint density at radius 1 is 1.29 bits per heavy atom. The summed E-state index contributed by atoms with van der Waals surface area (Å²) in [5, 5.41) is 8.82. The molecule has 176 valence electrons. The molecular weight excluding hydrogens is 450 g/mol. The van der Waals surface area contributed by atoms with E-state index in [0.29, 0.717) is 17.7 Å². The standard InChI is InChI=1S/C24H27N7O2S/c1-29(2)16-10-30(11-16)24(32)14-4-5-17-20(8-14)34-23-21(17)22(25-13-26-23)28-18-9-15-6-7-27-31(15)12-19(18)33-3/h6-7,9,12-14,16H,4-5,8,10-11H2,1-3H3,(H,25,26,28). The summed E-state index contributed by atoms with van der Waals surface area (Å²) in [6.07, 6.45) is 7.71. The highest BCUT2D eigenvalue weighted by atomic mass is 32.1. The number of carbonyl (C=O) groups excluding carboxylic acids is 1. The molecular formula is C24H27N7O2S. The van der Waals surface area contributed by atoms with Crippen LogP contribution in [0.1, 0.15) is 16.9 Å². The lowest BCUT2D eigenvalue weighted by Gasteiger charge is -2.44. The van der Waals surface area contributed by atoms with Crippen LogP contribution in [0.4, 0.5) is 11.5 Å². The normalized spacial score (nSPS) is 18.4. The van der Waals surface area contributed by atoms with Crippen molar-refractivity contribution >= 4 is 44.5 Å². The van der Waals surface area contributed by atoms with Gasteiger partial charge >= 0.3 is 0 Å². The van der Waals surface area contributed by atoms with Gasteiger partial charge in [0, 0.05) is 36.1 Å². The van der Waals surface area contributed by atoms with Gasteiger partial charge in [-0.1, -0.05) is 0 Å². The minimum absolute atomic E-state index is 0.0532. The number of methoxy groups -OCH3 is 1. The van der Waals surface area contributed by atoms with Crippen molar-refractivity contribution in [2.45, 2.75) is 25.3 Å². The highest BCUT2D eigenvalue weighted by Gasteiger charge is 2.37. The maximum absolute atomic E-state index is 13.1. The summed E-state index contributed by atoms with van der Waals surface area (Å²) in [5.41, 5.74) is 3.06. The molecule has 10 heteroatoms. The van der Waals surface area contributed by atoms with Crippen LogP contribution in [0.2, 0.25) is 0 Å². The number of nitrogens with one attached hydrogen (secondary N) is 1. The third kappa shape index (κ3) is 3.48. The van der Waals surface area contributed by atoms with Crippen LogP contribution >= 0.6 is 11.3 Å². The molecule has 4 aromatic heterocycles. The molecule has 4 aromatic rings. The van der Waals surface area contributed by atoms with Crippen molar-refractivity contribution in [3.8, 4) is 5.75 Å². The Kier molecular flexibility index (Phi) is 5.14. The van der Waals surface area contributed by atoms with Crippen LogP contribution < -0.4 is 10.1 Å². The summed E-state index contributed by atoms with van der Waals surface area (Å²) in [7, 11) is 5.80. The number of hydrogen-bond donors (Lipinski definition) is 1. The van der Waals surface area contributed by atoms with Gasteiger partial charge in [-0.3, -0.25) is 4.79 Å². The first-order chi connectivity index (χ1) is 16.5. The molecule has 9 nitrogen and oxygen atoms in total. The summed E-state index contributed by atoms with van der Waals surface area (Å²) < 4.78 is 7.37. The second kappa shape index (κ2) is 8.21. The number of carbonyl (C=O) groups is 1. The third-order valence-electron chi connectivity index (χ3n) is 7.07. The van der Waals surface area contributed by atoms with Crippen molar-refractivity contribution in [2.24, 2.45) is 5.92 Å². The van der Waals surface area contributed by atoms with E-state index in [0.717, 1.165) is 59.6 Å². The second-order valence-corrected chi connectivity index (χ2v) is 10.4. The van der Waals surface area contributed by atoms with E-state index in [-0.39, 0.29) is 5.92 Å². The minimum atomic E-state index is 0.0532. The summed E-state index contributed by atoms with van der Waals surface area (Å²) in [6, 6.07) is 4.43. The van der Waals surface area contributed by atoms with E-state index in [1.165, 1.54) is 10.4 Å². The van der Waals surface area contributed by atoms with E-state index in [1.54, 1.807) is 35.5 Å². The number of fused-ring (bicyclic) bond motifs is 4. The van der Waals surface area contributed by atoms with Gasteiger partial charge in [0.25, 0.3) is 0 Å². The van der Waals surface area contributed by atoms with E-state index >= 15 is 0 Å². The van der Waals surface area contributed by atoms with E-state index < -0.39 is 0 Å². The first kappa shape index (κ1) is 21.3. The maximum Gasteiger partial charge on any atom is 0.226 e. The zero-order valence-corrected chi connectivity index (χ0v) is 20.3. The van der Waals surface area contributed by atoms with E-state index in [9.17, 15) is 4.79 Å². The van der Waals surface area contributed by atoms with Gasteiger partial charge in [-0.25, -0.2) is 14.5 Å². The second-order valence-electron chi connectivity index (χ2n) is 9.29. The molecule has 0 spiro atoms. The molecule has 1 aliphatic heterocycles. The summed E-state index contributed by atoms with van der Waals surface area (Å²) >= 11 is 1.69. The first-order valence-electron chi connectivity index (χ1n) is 11.5. The Bertz CT molecular complexity index is 1390. The van der Waals surface area contributed by atoms with E-state index in [1.807, 2.05) is 23.2 Å². The Hall–Kier alpha value is -3.24. The number of likely N-dealkylation sites (N-methyl/N-ethyl adjacent to an activating group) is 1. The number of rotatable bonds is 5. The number of pyridine rings is 1. The molecule has 1 unspecified atom stereocenters. The van der Waals surface area contributed by atoms with Gasteiger partial charge in [0.05, 0.1) is 29.9 Å². The molecule has 1 amide bonds. The quantitative estimate of drug-likeness (QED) is 0.473. The fraction of sp³-hybridized carbons (Fsp3) is 0.417. The zero-order chi connectivity index (χ0) is 23.4. The monoisotopic (exact) mass is 477 g/mol. The molecule has 1 aliphatic carbocycles. The fourth-order valence-corrected chi connectivity index (χ4v) is 6.24. The smallest absolute Gasteiger partial charge is 0.226 e. The third-order valence-corrected chi connectivity index (χ3v) is 8.23. The SMILES string of the molecule is COc1cn2nccc2cc1Nc1ncnc2sc3c(c12)CCC(C(=O)N1CC(N(C)C)C1)C3. The van der Waals surface area contributed by atoms with Crippen LogP contribution in [0.15, 0.2) is 30.9 Å². The Labute approximate surface area is 201 Å². The molecule has 1 fully saturated rings. The molecule has 34 heavy (non-hydrogen) atoms. The average Bonchev–Trinajstić information content (AvgIpc) is 3.40. The number of likely N-dealkylation sites (tertiary alicyclic amines) is 1. The van der Waals surface area contributed by atoms with Gasteiger partial charge in [0.2, 0.25) is 5.91 Å². The van der Waals surface area contributed by atoms with E-state index in [4.69, 9.17) is 4.74 Å². The number of aromatic nitrogens is 4.